The molecular formula is C35H42O9. The first-order chi connectivity index (χ1) is 20.2. The van der Waals surface area contributed by atoms with Gasteiger partial charge in [-0.15, -0.1) is 0 Å². The number of ketones is 4. The van der Waals surface area contributed by atoms with Gasteiger partial charge in [0.25, 0.3) is 0 Å². The van der Waals surface area contributed by atoms with Crippen molar-refractivity contribution in [3.8, 4) is 5.75 Å². The van der Waals surface area contributed by atoms with Gasteiger partial charge in [-0.25, -0.2) is 0 Å². The molecule has 0 amide bonds. The first kappa shape index (κ1) is 32.0. The Balaban J connectivity index is 1.61. The lowest BCUT2D eigenvalue weighted by molar-refractivity contribution is -0.183. The third kappa shape index (κ3) is 4.30. The van der Waals surface area contributed by atoms with E-state index in [0.717, 1.165) is 5.56 Å². The van der Waals surface area contributed by atoms with Crippen LogP contribution in [0.2, 0.25) is 0 Å². The molecule has 2 aromatic rings. The summed E-state index contributed by atoms with van der Waals surface area (Å²) in [5.41, 5.74) is -1.94. The number of fused-ring (bicyclic) bond motifs is 3. The van der Waals surface area contributed by atoms with Gasteiger partial charge in [0.1, 0.15) is 11.5 Å². The number of allylic oxidation sites excluding steroid dienone is 1. The first-order valence-electron chi connectivity index (χ1n) is 15.2. The summed E-state index contributed by atoms with van der Waals surface area (Å²) in [6.07, 6.45) is 1.80. The van der Waals surface area contributed by atoms with Gasteiger partial charge < -0.3 is 24.8 Å². The minimum atomic E-state index is -2.56. The van der Waals surface area contributed by atoms with Crippen molar-refractivity contribution < 1.29 is 44.0 Å². The molecule has 0 aliphatic heterocycles. The van der Waals surface area contributed by atoms with Crippen LogP contribution in [0.4, 0.5) is 0 Å². The van der Waals surface area contributed by atoms with Crippen molar-refractivity contribution in [3.63, 3.8) is 0 Å². The number of hydrogen-bond donors (Lipinski definition) is 4. The second-order valence-corrected chi connectivity index (χ2v) is 14.3. The van der Waals surface area contributed by atoms with E-state index in [1.165, 1.54) is 13.2 Å². The Bertz CT molecular complexity index is 1650. The van der Waals surface area contributed by atoms with Crippen LogP contribution in [0, 0.1) is 30.6 Å². The SMILES string of the molecule is CC(=O)C1=C(C)CC2(C)CC3(C)Cc4c(C(C)C)cc(CCC(O)(O)c5c(C)coc5C)c(O)c4C(=O)C3C(=O)C2(O)C1=O. The van der Waals surface area contributed by atoms with E-state index in [-0.39, 0.29) is 60.5 Å². The monoisotopic (exact) mass is 606 g/mol. The number of phenols is 1. The zero-order valence-corrected chi connectivity index (χ0v) is 26.7. The molecule has 9 heteroatoms. The molecule has 0 saturated heterocycles. The highest BCUT2D eigenvalue weighted by atomic mass is 16.5. The van der Waals surface area contributed by atoms with Crippen LogP contribution in [-0.4, -0.2) is 49.2 Å². The third-order valence-electron chi connectivity index (χ3n) is 10.5. The Morgan fingerprint density at radius 3 is 2.30 bits per heavy atom. The molecule has 4 atom stereocenters. The number of rotatable bonds is 6. The Morgan fingerprint density at radius 2 is 1.75 bits per heavy atom. The highest BCUT2D eigenvalue weighted by Crippen LogP contribution is 2.62. The average molecular weight is 607 g/mol. The van der Waals surface area contributed by atoms with Gasteiger partial charge in [-0.05, 0) is 87.0 Å². The topological polar surface area (TPSA) is 162 Å². The third-order valence-corrected chi connectivity index (χ3v) is 10.5. The summed E-state index contributed by atoms with van der Waals surface area (Å²) in [4.78, 5) is 54.8. The molecule has 3 aliphatic carbocycles. The number of hydrogen-bond acceptors (Lipinski definition) is 9. The van der Waals surface area contributed by atoms with Crippen molar-refractivity contribution in [3.05, 3.63) is 62.6 Å². The number of aromatic hydroxyl groups is 1. The van der Waals surface area contributed by atoms with E-state index in [2.05, 4.69) is 0 Å². The lowest BCUT2D eigenvalue weighted by atomic mass is 9.44. The zero-order chi connectivity index (χ0) is 32.9. The van der Waals surface area contributed by atoms with Crippen LogP contribution < -0.4 is 0 Å². The van der Waals surface area contributed by atoms with E-state index in [1.807, 2.05) is 20.8 Å². The Hall–Kier alpha value is -3.40. The fourth-order valence-electron chi connectivity index (χ4n) is 8.73. The maximum Gasteiger partial charge on any atom is 0.206 e. The fourth-order valence-corrected chi connectivity index (χ4v) is 8.73. The minimum absolute atomic E-state index is 0.00834. The maximum absolute atomic E-state index is 14.4. The molecule has 0 radical (unpaired) electrons. The molecule has 9 nitrogen and oxygen atoms in total. The van der Waals surface area contributed by atoms with Gasteiger partial charge in [0, 0.05) is 11.8 Å². The normalized spacial score (nSPS) is 28.7. The number of benzene rings is 1. The Labute approximate surface area is 257 Å². The van der Waals surface area contributed by atoms with Gasteiger partial charge in [-0.2, -0.15) is 0 Å². The van der Waals surface area contributed by atoms with Crippen molar-refractivity contribution in [2.45, 2.75) is 105 Å². The van der Waals surface area contributed by atoms with Crippen molar-refractivity contribution >= 4 is 23.1 Å². The second-order valence-electron chi connectivity index (χ2n) is 14.3. The van der Waals surface area contributed by atoms with Gasteiger partial charge in [0.05, 0.1) is 28.9 Å². The van der Waals surface area contributed by atoms with Gasteiger partial charge in [0.15, 0.2) is 28.7 Å². The number of aryl methyl sites for hydroxylation is 3. The molecule has 1 aromatic carbocycles. The highest BCUT2D eigenvalue weighted by Gasteiger charge is 2.71. The molecule has 1 saturated carbocycles. The summed E-state index contributed by atoms with van der Waals surface area (Å²) in [6.45, 7) is 13.6. The lowest BCUT2D eigenvalue weighted by Crippen LogP contribution is -2.71. The van der Waals surface area contributed by atoms with Crippen molar-refractivity contribution in [1.29, 1.82) is 0 Å². The van der Waals surface area contributed by atoms with Crippen LogP contribution in [0.25, 0.3) is 0 Å². The molecule has 0 bridgehead atoms. The summed E-state index contributed by atoms with van der Waals surface area (Å²) in [5, 5.41) is 45.4. The van der Waals surface area contributed by atoms with E-state index in [4.69, 9.17) is 4.42 Å². The van der Waals surface area contributed by atoms with Gasteiger partial charge >= 0.3 is 0 Å². The average Bonchev–Trinajstić information content (AvgIpc) is 3.23. The molecule has 236 valence electrons. The maximum atomic E-state index is 14.4. The van der Waals surface area contributed by atoms with E-state index in [9.17, 15) is 39.6 Å². The van der Waals surface area contributed by atoms with Crippen LogP contribution in [0.15, 0.2) is 27.9 Å². The van der Waals surface area contributed by atoms with E-state index < -0.39 is 51.3 Å². The van der Waals surface area contributed by atoms with Crippen LogP contribution in [0.1, 0.15) is 111 Å². The van der Waals surface area contributed by atoms with Crippen molar-refractivity contribution in [1.82, 2.24) is 0 Å². The number of phenolic OH excluding ortho intramolecular Hbond substituents is 1. The molecule has 1 fully saturated rings. The van der Waals surface area contributed by atoms with E-state index in [1.54, 1.807) is 33.8 Å². The predicted molar refractivity (Wildman–Crippen MR) is 160 cm³/mol. The Morgan fingerprint density at radius 1 is 1.11 bits per heavy atom. The second kappa shape index (κ2) is 10.1. The molecule has 5 rings (SSSR count). The molecule has 1 aromatic heterocycles. The molecule has 4 N–H and O–H groups in total. The van der Waals surface area contributed by atoms with Crippen LogP contribution >= 0.6 is 0 Å². The fraction of sp³-hybridized carbons (Fsp3) is 0.543. The minimum Gasteiger partial charge on any atom is -0.507 e. The predicted octanol–water partition coefficient (Wildman–Crippen LogP) is 4.45. The van der Waals surface area contributed by atoms with E-state index in [0.29, 0.717) is 28.0 Å². The van der Waals surface area contributed by atoms with Gasteiger partial charge in [-0.1, -0.05) is 39.3 Å². The molecule has 1 heterocycles. The summed E-state index contributed by atoms with van der Waals surface area (Å²) >= 11 is 0. The van der Waals surface area contributed by atoms with Crippen molar-refractivity contribution in [2.24, 2.45) is 16.7 Å². The van der Waals surface area contributed by atoms with Crippen LogP contribution in [0.5, 0.6) is 5.75 Å². The van der Waals surface area contributed by atoms with E-state index >= 15 is 0 Å². The highest BCUT2D eigenvalue weighted by molar-refractivity contribution is 6.33. The molecule has 4 unspecified atom stereocenters. The summed E-state index contributed by atoms with van der Waals surface area (Å²) in [5.74, 6) is -6.88. The summed E-state index contributed by atoms with van der Waals surface area (Å²) < 4.78 is 5.34. The Kier molecular flexibility index (Phi) is 7.31. The van der Waals surface area contributed by atoms with Crippen LogP contribution in [-0.2, 0) is 33.0 Å². The molecule has 3 aliphatic rings. The largest absolute Gasteiger partial charge is 0.507 e. The zero-order valence-electron chi connectivity index (χ0n) is 26.7. The summed E-state index contributed by atoms with van der Waals surface area (Å²) in [6, 6.07) is 1.79. The van der Waals surface area contributed by atoms with Gasteiger partial charge in [-0.3, -0.25) is 19.2 Å². The van der Waals surface area contributed by atoms with Crippen LogP contribution in [0.3, 0.4) is 0 Å². The number of aliphatic hydroxyl groups is 3. The number of carbonyl (C=O) groups is 4. The molecule has 44 heavy (non-hydrogen) atoms. The lowest BCUT2D eigenvalue weighted by Gasteiger charge is -2.58. The van der Waals surface area contributed by atoms with Crippen molar-refractivity contribution in [2.75, 3.05) is 0 Å². The first-order valence-corrected chi connectivity index (χ1v) is 15.2. The number of furan rings is 1. The standard InChI is InChI=1S/C35H42O9/c1-16(2)22-11-21(9-10-34(41,42)26-18(4)14-44-20(26)6)28(37)25-23(22)13-32(7)15-33(8)12-17(3)24(19(5)36)30(39)35(33,43)31(40)27(32)29(25)38/h11,14,16,27,37,41-43H,9-10,12-13,15H2,1-8H3. The van der Waals surface area contributed by atoms with Gasteiger partial charge in [0.2, 0.25) is 5.78 Å². The quantitative estimate of drug-likeness (QED) is 0.211. The summed E-state index contributed by atoms with van der Waals surface area (Å²) in [7, 11) is 0. The molecule has 0 spiro atoms. The number of Topliss-reactive ketones (excluding diaryl/α,β-unsaturated/α-hetero) is 4. The smallest absolute Gasteiger partial charge is 0.206 e. The molecular weight excluding hydrogens is 564 g/mol. The number of carbonyl (C=O) groups excluding carboxylic acids is 4.